The molecule has 0 saturated carbocycles. The zero-order valence-electron chi connectivity index (χ0n) is 15.2. The summed E-state index contributed by atoms with van der Waals surface area (Å²) < 4.78 is 27.3. The first-order valence-electron chi connectivity index (χ1n) is 8.85. The molecule has 0 aromatic heterocycles. The van der Waals surface area contributed by atoms with Crippen molar-refractivity contribution in [3.63, 3.8) is 0 Å². The van der Waals surface area contributed by atoms with E-state index >= 15 is 0 Å². The van der Waals surface area contributed by atoms with Gasteiger partial charge in [0.25, 0.3) is 0 Å². The number of piperidine rings is 1. The number of carbonyl (C=O) groups excluding carboxylic acids is 1. The number of amides is 1. The number of benzene rings is 1. The van der Waals surface area contributed by atoms with Crippen molar-refractivity contribution in [2.75, 3.05) is 45.2 Å². The highest BCUT2D eigenvalue weighted by Crippen LogP contribution is 2.31. The van der Waals surface area contributed by atoms with Crippen LogP contribution in [0.1, 0.15) is 25.3 Å². The fourth-order valence-electron chi connectivity index (χ4n) is 3.75. The number of sulfonamides is 1. The van der Waals surface area contributed by atoms with Crippen LogP contribution in [0.15, 0.2) is 23.1 Å². The van der Waals surface area contributed by atoms with Gasteiger partial charge in [0.1, 0.15) is 0 Å². The Labute approximate surface area is 150 Å². The Morgan fingerprint density at radius 1 is 1.24 bits per heavy atom. The maximum atomic E-state index is 12.9. The van der Waals surface area contributed by atoms with Crippen molar-refractivity contribution in [1.82, 2.24) is 9.21 Å². The molecule has 2 aliphatic heterocycles. The highest BCUT2D eigenvalue weighted by Gasteiger charge is 2.28. The molecule has 0 bridgehead atoms. The summed E-state index contributed by atoms with van der Waals surface area (Å²) in [7, 11) is 0.277. The Bertz CT molecular complexity index is 755. The third-order valence-corrected chi connectivity index (χ3v) is 7.21. The molecule has 25 heavy (non-hydrogen) atoms. The van der Waals surface area contributed by atoms with Gasteiger partial charge in [-0.15, -0.1) is 0 Å². The van der Waals surface area contributed by atoms with E-state index in [1.54, 1.807) is 30.1 Å². The summed E-state index contributed by atoms with van der Waals surface area (Å²) in [5, 5.41) is 0. The number of likely N-dealkylation sites (tertiary alicyclic amines) is 1. The molecule has 1 saturated heterocycles. The first kappa shape index (κ1) is 18.4. The van der Waals surface area contributed by atoms with Gasteiger partial charge >= 0.3 is 0 Å². The monoisotopic (exact) mass is 365 g/mol. The van der Waals surface area contributed by atoms with Crippen molar-refractivity contribution in [2.45, 2.75) is 31.1 Å². The van der Waals surface area contributed by atoms with Gasteiger partial charge in [0, 0.05) is 32.7 Å². The van der Waals surface area contributed by atoms with E-state index in [1.165, 1.54) is 11.2 Å². The Hall–Kier alpha value is -1.44. The van der Waals surface area contributed by atoms with Crippen LogP contribution in [-0.2, 0) is 21.2 Å². The summed E-state index contributed by atoms with van der Waals surface area (Å²) in [6, 6.07) is 5.12. The van der Waals surface area contributed by atoms with E-state index in [9.17, 15) is 13.2 Å². The quantitative estimate of drug-likeness (QED) is 0.812. The third-order valence-electron chi connectivity index (χ3n) is 5.39. The molecule has 0 N–H and O–H groups in total. The van der Waals surface area contributed by atoms with Gasteiger partial charge < -0.3 is 9.80 Å². The smallest absolute Gasteiger partial charge is 0.242 e. The largest absolute Gasteiger partial charge is 0.312 e. The molecule has 6 nitrogen and oxygen atoms in total. The molecular weight excluding hydrogens is 338 g/mol. The normalized spacial score (nSPS) is 19.4. The first-order chi connectivity index (χ1) is 11.8. The fraction of sp³-hybridized carbons (Fsp3) is 0.611. The summed E-state index contributed by atoms with van der Waals surface area (Å²) in [4.78, 5) is 16.0. The number of nitrogens with zero attached hydrogens (tertiary/aromatic N) is 3. The standard InChI is InChI=1S/C18H27N3O3S/c1-14(22)21-11-8-16-12-17(4-5-18(16)21)25(23,24)20(3)13-15-6-9-19(2)10-7-15/h4-5,12,15H,6-11,13H2,1-3H3. The van der Waals surface area contributed by atoms with E-state index in [0.29, 0.717) is 30.3 Å². The van der Waals surface area contributed by atoms with Crippen LogP contribution in [0.4, 0.5) is 5.69 Å². The number of rotatable bonds is 4. The summed E-state index contributed by atoms with van der Waals surface area (Å²) in [5.41, 5.74) is 1.77. The van der Waals surface area contributed by atoms with Crippen molar-refractivity contribution >= 4 is 21.6 Å². The first-order valence-corrected chi connectivity index (χ1v) is 10.3. The van der Waals surface area contributed by atoms with E-state index in [2.05, 4.69) is 11.9 Å². The molecule has 0 spiro atoms. The zero-order valence-corrected chi connectivity index (χ0v) is 16.1. The average Bonchev–Trinajstić information content (AvgIpc) is 3.00. The molecule has 3 rings (SSSR count). The molecule has 2 heterocycles. The lowest BCUT2D eigenvalue weighted by Crippen LogP contribution is -2.38. The van der Waals surface area contributed by atoms with Crippen LogP contribution in [0.5, 0.6) is 0 Å². The zero-order chi connectivity index (χ0) is 18.2. The average molecular weight is 365 g/mol. The fourth-order valence-corrected chi connectivity index (χ4v) is 5.05. The maximum absolute atomic E-state index is 12.9. The topological polar surface area (TPSA) is 60.9 Å². The highest BCUT2D eigenvalue weighted by molar-refractivity contribution is 7.89. The number of anilines is 1. The molecule has 0 aliphatic carbocycles. The lowest BCUT2D eigenvalue weighted by Gasteiger charge is -2.31. The molecule has 2 aliphatic rings. The number of carbonyl (C=O) groups is 1. The second-order valence-corrected chi connectivity index (χ2v) is 9.29. The predicted molar refractivity (Wildman–Crippen MR) is 98.2 cm³/mol. The van der Waals surface area contributed by atoms with Crippen molar-refractivity contribution in [3.8, 4) is 0 Å². The molecule has 138 valence electrons. The van der Waals surface area contributed by atoms with Gasteiger partial charge in [-0.3, -0.25) is 4.79 Å². The lowest BCUT2D eigenvalue weighted by atomic mass is 9.97. The Morgan fingerprint density at radius 3 is 2.56 bits per heavy atom. The summed E-state index contributed by atoms with van der Waals surface area (Å²) in [6.07, 6.45) is 2.78. The predicted octanol–water partition coefficient (Wildman–Crippen LogP) is 1.56. The van der Waals surface area contributed by atoms with Crippen molar-refractivity contribution in [3.05, 3.63) is 23.8 Å². The Kier molecular flexibility index (Phi) is 5.18. The van der Waals surface area contributed by atoms with Crippen LogP contribution < -0.4 is 4.90 Å². The summed E-state index contributed by atoms with van der Waals surface area (Å²) in [5.74, 6) is 0.410. The van der Waals surface area contributed by atoms with Crippen LogP contribution in [0.2, 0.25) is 0 Å². The van der Waals surface area contributed by atoms with Crippen molar-refractivity contribution in [2.24, 2.45) is 5.92 Å². The molecule has 1 aromatic rings. The molecule has 1 fully saturated rings. The summed E-state index contributed by atoms with van der Waals surface area (Å²) >= 11 is 0. The number of hydrogen-bond acceptors (Lipinski definition) is 4. The van der Waals surface area contributed by atoms with Gasteiger partial charge in [-0.25, -0.2) is 12.7 Å². The molecule has 1 aromatic carbocycles. The van der Waals surface area contributed by atoms with Crippen LogP contribution in [0, 0.1) is 5.92 Å². The minimum absolute atomic E-state index is 0.00579. The van der Waals surface area contributed by atoms with E-state index < -0.39 is 10.0 Å². The Balaban J connectivity index is 1.75. The van der Waals surface area contributed by atoms with E-state index in [0.717, 1.165) is 37.2 Å². The van der Waals surface area contributed by atoms with Gasteiger partial charge in [0.15, 0.2) is 0 Å². The van der Waals surface area contributed by atoms with Gasteiger partial charge in [0.2, 0.25) is 15.9 Å². The minimum atomic E-state index is -3.49. The molecule has 7 heteroatoms. The number of fused-ring (bicyclic) bond motifs is 1. The highest BCUT2D eigenvalue weighted by atomic mass is 32.2. The number of hydrogen-bond donors (Lipinski definition) is 0. The van der Waals surface area contributed by atoms with Crippen LogP contribution >= 0.6 is 0 Å². The van der Waals surface area contributed by atoms with E-state index in [1.807, 2.05) is 0 Å². The van der Waals surface area contributed by atoms with Crippen LogP contribution in [0.25, 0.3) is 0 Å². The molecular formula is C18H27N3O3S. The molecule has 0 atom stereocenters. The van der Waals surface area contributed by atoms with Crippen molar-refractivity contribution < 1.29 is 13.2 Å². The van der Waals surface area contributed by atoms with E-state index in [-0.39, 0.29) is 5.91 Å². The van der Waals surface area contributed by atoms with Crippen LogP contribution in [0.3, 0.4) is 0 Å². The SMILES string of the molecule is CC(=O)N1CCc2cc(S(=O)(=O)N(C)CC3CCN(C)CC3)ccc21. The van der Waals surface area contributed by atoms with E-state index in [4.69, 9.17) is 0 Å². The van der Waals surface area contributed by atoms with Gasteiger partial charge in [-0.05, 0) is 69.1 Å². The third kappa shape index (κ3) is 3.73. The van der Waals surface area contributed by atoms with Crippen LogP contribution in [-0.4, -0.2) is 63.8 Å². The second-order valence-electron chi connectivity index (χ2n) is 7.24. The maximum Gasteiger partial charge on any atom is 0.242 e. The van der Waals surface area contributed by atoms with Gasteiger partial charge in [-0.2, -0.15) is 0 Å². The van der Waals surface area contributed by atoms with Crippen molar-refractivity contribution in [1.29, 1.82) is 0 Å². The Morgan fingerprint density at radius 2 is 1.92 bits per heavy atom. The summed E-state index contributed by atoms with van der Waals surface area (Å²) in [6.45, 7) is 4.78. The minimum Gasteiger partial charge on any atom is -0.312 e. The van der Waals surface area contributed by atoms with Gasteiger partial charge in [-0.1, -0.05) is 0 Å². The molecule has 0 radical (unpaired) electrons. The lowest BCUT2D eigenvalue weighted by molar-refractivity contribution is -0.116. The second kappa shape index (κ2) is 7.05. The molecule has 0 unspecified atom stereocenters. The van der Waals surface area contributed by atoms with Gasteiger partial charge in [0.05, 0.1) is 4.90 Å². The molecule has 1 amide bonds.